The van der Waals surface area contributed by atoms with Gasteiger partial charge in [-0.05, 0) is 12.1 Å². The Morgan fingerprint density at radius 2 is 2.00 bits per heavy atom. The van der Waals surface area contributed by atoms with Crippen LogP contribution in [0, 0.1) is 5.21 Å². The van der Waals surface area contributed by atoms with Crippen molar-refractivity contribution in [2.75, 3.05) is 0 Å². The molecule has 0 saturated carbocycles. The van der Waals surface area contributed by atoms with Crippen molar-refractivity contribution >= 4 is 22.8 Å². The van der Waals surface area contributed by atoms with Gasteiger partial charge in [0.25, 0.3) is 5.65 Å². The highest BCUT2D eigenvalue weighted by Gasteiger charge is 2.13. The van der Waals surface area contributed by atoms with Gasteiger partial charge in [0.15, 0.2) is 6.29 Å². The summed E-state index contributed by atoms with van der Waals surface area (Å²) in [7, 11) is 0. The maximum absolute atomic E-state index is 11.7. The lowest BCUT2D eigenvalue weighted by atomic mass is 10.2. The molecular weight excluding hydrogens is 204 g/mol. The van der Waals surface area contributed by atoms with Gasteiger partial charge in [-0.1, -0.05) is 18.2 Å². The lowest BCUT2D eigenvalue weighted by Gasteiger charge is -1.99. The molecule has 3 rings (SSSR count). The highest BCUT2D eigenvalue weighted by molar-refractivity contribution is 5.82. The number of nitrogens with zero attached hydrogens (tertiary/aromatic N) is 2. The average Bonchev–Trinajstić information content (AvgIpc) is 2.67. The van der Waals surface area contributed by atoms with Crippen LogP contribution < -0.4 is 4.73 Å². The van der Waals surface area contributed by atoms with Gasteiger partial charge in [0, 0.05) is 11.5 Å². The van der Waals surface area contributed by atoms with Gasteiger partial charge in [-0.3, -0.25) is 4.79 Å². The van der Waals surface area contributed by atoms with E-state index in [1.54, 1.807) is 16.7 Å². The van der Waals surface area contributed by atoms with Crippen LogP contribution in [0.25, 0.3) is 16.6 Å². The number of pyridine rings is 1. The Morgan fingerprint density at radius 1 is 1.19 bits per heavy atom. The third kappa shape index (κ3) is 1.04. The van der Waals surface area contributed by atoms with Crippen LogP contribution in [0.3, 0.4) is 0 Å². The van der Waals surface area contributed by atoms with E-state index in [0.29, 0.717) is 16.7 Å². The number of hydrogen-bond donors (Lipinski definition) is 0. The van der Waals surface area contributed by atoms with Crippen LogP contribution >= 0.6 is 0 Å². The summed E-state index contributed by atoms with van der Waals surface area (Å²) in [5.74, 6) is 0. The Hall–Kier alpha value is -2.36. The molecule has 1 aromatic carbocycles. The molecule has 0 unspecified atom stereocenters. The van der Waals surface area contributed by atoms with Gasteiger partial charge in [-0.15, -0.1) is 0 Å². The molecule has 0 amide bonds. The maximum Gasteiger partial charge on any atom is 0.290 e. The molecule has 0 aliphatic rings. The molecule has 0 spiro atoms. The second kappa shape index (κ2) is 3.06. The fourth-order valence-corrected chi connectivity index (χ4v) is 1.91. The standard InChI is InChI=1S/C12H8N2O2/c15-8-10-7-13-11-4-2-1-3-9(11)5-6-12(13)14(10)16/h1-8H. The number of carbonyl (C=O) groups excluding carboxylic acids is 1. The first kappa shape index (κ1) is 8.91. The lowest BCUT2D eigenvalue weighted by Crippen LogP contribution is -2.29. The quantitative estimate of drug-likeness (QED) is 0.349. The summed E-state index contributed by atoms with van der Waals surface area (Å²) < 4.78 is 2.37. The van der Waals surface area contributed by atoms with Crippen LogP contribution in [-0.2, 0) is 0 Å². The molecule has 0 aliphatic heterocycles. The predicted molar refractivity (Wildman–Crippen MR) is 59.3 cm³/mol. The van der Waals surface area contributed by atoms with Crippen LogP contribution in [0.5, 0.6) is 0 Å². The third-order valence-electron chi connectivity index (χ3n) is 2.68. The number of hydrogen-bond acceptors (Lipinski definition) is 2. The normalized spacial score (nSPS) is 11.0. The van der Waals surface area contributed by atoms with Crippen LogP contribution in [0.4, 0.5) is 0 Å². The Bertz CT molecular complexity index is 701. The van der Waals surface area contributed by atoms with E-state index >= 15 is 0 Å². The molecule has 0 radical (unpaired) electrons. The summed E-state index contributed by atoms with van der Waals surface area (Å²) in [5.41, 5.74) is 1.50. The molecule has 16 heavy (non-hydrogen) atoms. The number of para-hydroxylation sites is 1. The van der Waals surface area contributed by atoms with E-state index in [9.17, 15) is 10.0 Å². The molecule has 0 N–H and O–H groups in total. The van der Waals surface area contributed by atoms with Crippen molar-refractivity contribution in [3.63, 3.8) is 0 Å². The lowest BCUT2D eigenvalue weighted by molar-refractivity contribution is -0.578. The van der Waals surface area contributed by atoms with Crippen molar-refractivity contribution in [1.82, 2.24) is 4.40 Å². The van der Waals surface area contributed by atoms with Gasteiger partial charge < -0.3 is 5.21 Å². The Balaban J connectivity index is 2.56. The maximum atomic E-state index is 11.7. The Labute approximate surface area is 90.9 Å². The summed E-state index contributed by atoms with van der Waals surface area (Å²) in [5, 5.41) is 12.7. The van der Waals surface area contributed by atoms with Crippen molar-refractivity contribution in [3.05, 3.63) is 53.5 Å². The number of aldehydes is 1. The zero-order valence-electron chi connectivity index (χ0n) is 8.33. The minimum Gasteiger partial charge on any atom is -0.710 e. The van der Waals surface area contributed by atoms with E-state index in [-0.39, 0.29) is 5.69 Å². The van der Waals surface area contributed by atoms with Gasteiger partial charge in [0.2, 0.25) is 5.69 Å². The van der Waals surface area contributed by atoms with Crippen molar-refractivity contribution in [2.24, 2.45) is 0 Å². The molecule has 0 aliphatic carbocycles. The van der Waals surface area contributed by atoms with Gasteiger partial charge in [0.1, 0.15) is 11.7 Å². The van der Waals surface area contributed by atoms with Crippen molar-refractivity contribution in [3.8, 4) is 0 Å². The molecule has 0 bridgehead atoms. The fraction of sp³-hybridized carbons (Fsp3) is 0. The van der Waals surface area contributed by atoms with Gasteiger partial charge >= 0.3 is 0 Å². The molecule has 4 nitrogen and oxygen atoms in total. The Morgan fingerprint density at radius 3 is 2.81 bits per heavy atom. The summed E-state index contributed by atoms with van der Waals surface area (Å²) in [6, 6.07) is 11.3. The van der Waals surface area contributed by atoms with E-state index in [1.165, 1.54) is 0 Å². The number of aromatic nitrogens is 2. The summed E-state index contributed by atoms with van der Waals surface area (Å²) >= 11 is 0. The number of rotatable bonds is 1. The summed E-state index contributed by atoms with van der Waals surface area (Å²) in [6.45, 7) is 0. The van der Waals surface area contributed by atoms with Crippen molar-refractivity contribution in [1.29, 1.82) is 0 Å². The number of benzene rings is 1. The van der Waals surface area contributed by atoms with Gasteiger partial charge in [0.05, 0.1) is 0 Å². The minimum absolute atomic E-state index is 0.122. The zero-order valence-corrected chi connectivity index (χ0v) is 8.33. The second-order valence-electron chi connectivity index (χ2n) is 3.59. The van der Waals surface area contributed by atoms with Crippen molar-refractivity contribution < 1.29 is 9.52 Å². The monoisotopic (exact) mass is 212 g/mol. The molecule has 2 heterocycles. The van der Waals surface area contributed by atoms with Crippen LogP contribution in [0.1, 0.15) is 10.5 Å². The van der Waals surface area contributed by atoms with Crippen LogP contribution in [0.15, 0.2) is 42.6 Å². The molecule has 0 fully saturated rings. The summed E-state index contributed by atoms with van der Waals surface area (Å²) in [6.07, 6.45) is 2.12. The predicted octanol–water partition coefficient (Wildman–Crippen LogP) is 1.54. The van der Waals surface area contributed by atoms with Gasteiger partial charge in [-0.25, -0.2) is 4.73 Å². The number of carbonyl (C=O) groups is 1. The molecule has 2 aromatic heterocycles. The number of fused-ring (bicyclic) bond motifs is 3. The molecule has 3 aromatic rings. The van der Waals surface area contributed by atoms with Crippen LogP contribution in [0.2, 0.25) is 0 Å². The average molecular weight is 212 g/mol. The smallest absolute Gasteiger partial charge is 0.290 e. The van der Waals surface area contributed by atoms with Crippen LogP contribution in [-0.4, -0.2) is 10.7 Å². The first-order valence-corrected chi connectivity index (χ1v) is 4.89. The first-order chi connectivity index (χ1) is 7.81. The summed E-state index contributed by atoms with van der Waals surface area (Å²) in [4.78, 5) is 10.7. The topological polar surface area (TPSA) is 48.4 Å². The van der Waals surface area contributed by atoms with E-state index in [1.807, 2.05) is 30.3 Å². The van der Waals surface area contributed by atoms with E-state index in [0.717, 1.165) is 10.9 Å². The SMILES string of the molecule is O=Cc1cn2c3ccccc3ccc2[n+]1[O-]. The molecular formula is C12H8N2O2. The van der Waals surface area contributed by atoms with E-state index in [2.05, 4.69) is 0 Å². The van der Waals surface area contributed by atoms with Crippen molar-refractivity contribution in [2.45, 2.75) is 0 Å². The number of imidazole rings is 1. The fourth-order valence-electron chi connectivity index (χ4n) is 1.91. The third-order valence-corrected chi connectivity index (χ3v) is 2.68. The largest absolute Gasteiger partial charge is 0.710 e. The van der Waals surface area contributed by atoms with E-state index < -0.39 is 0 Å². The van der Waals surface area contributed by atoms with Gasteiger partial charge in [-0.2, -0.15) is 4.40 Å². The Kier molecular flexibility index (Phi) is 1.71. The molecule has 78 valence electrons. The highest BCUT2D eigenvalue weighted by atomic mass is 16.5. The van der Waals surface area contributed by atoms with E-state index in [4.69, 9.17) is 0 Å². The molecule has 0 atom stereocenters. The first-order valence-electron chi connectivity index (χ1n) is 4.89. The second-order valence-corrected chi connectivity index (χ2v) is 3.59. The molecule has 4 heteroatoms. The highest BCUT2D eigenvalue weighted by Crippen LogP contribution is 2.15. The minimum atomic E-state index is 0.122. The molecule has 0 saturated heterocycles. The zero-order chi connectivity index (χ0) is 11.1.